The molecule has 0 radical (unpaired) electrons. The Morgan fingerprint density at radius 1 is 1.39 bits per heavy atom. The highest BCUT2D eigenvalue weighted by atomic mass is 32.8. The molecule has 18 heavy (non-hydrogen) atoms. The van der Waals surface area contributed by atoms with Gasteiger partial charge in [0, 0.05) is 11.8 Å². The van der Waals surface area contributed by atoms with Gasteiger partial charge >= 0.3 is 6.72 Å². The Morgan fingerprint density at radius 2 is 2.00 bits per heavy atom. The third-order valence-corrected chi connectivity index (χ3v) is 9.28. The fraction of sp³-hybridized carbons (Fsp3) is 0.500. The van der Waals surface area contributed by atoms with Crippen LogP contribution in [0.3, 0.4) is 0 Å². The number of hydrogen-bond acceptors (Lipinski definition) is 3. The molecule has 1 aromatic carbocycles. The minimum Gasteiger partial charge on any atom is -0.298 e. The summed E-state index contributed by atoms with van der Waals surface area (Å²) in [6, 6.07) is 9.61. The lowest BCUT2D eigenvalue weighted by molar-refractivity contribution is 0.213. The van der Waals surface area contributed by atoms with Crippen molar-refractivity contribution in [3.05, 3.63) is 35.9 Å². The van der Waals surface area contributed by atoms with E-state index in [1.165, 1.54) is 0 Å². The normalized spacial score (nSPS) is 34.6. The van der Waals surface area contributed by atoms with E-state index < -0.39 is 17.1 Å². The van der Waals surface area contributed by atoms with Gasteiger partial charge < -0.3 is 0 Å². The first-order valence-electron chi connectivity index (χ1n) is 5.96. The molecule has 0 aromatic heterocycles. The summed E-state index contributed by atoms with van der Waals surface area (Å²) >= 11 is 0. The first-order valence-corrected chi connectivity index (χ1v) is 9.46. The summed E-state index contributed by atoms with van der Waals surface area (Å²) in [7, 11) is 0.270. The second-order valence-corrected chi connectivity index (χ2v) is 9.94. The van der Waals surface area contributed by atoms with E-state index >= 15 is 0 Å². The van der Waals surface area contributed by atoms with Gasteiger partial charge in [-0.1, -0.05) is 37.3 Å². The molecule has 1 fully saturated rings. The van der Waals surface area contributed by atoms with Gasteiger partial charge in [-0.3, -0.25) is 9.09 Å². The van der Waals surface area contributed by atoms with Crippen LogP contribution < -0.4 is 0 Å². The monoisotopic (exact) mass is 287 g/mol. The van der Waals surface area contributed by atoms with Crippen molar-refractivity contribution in [3.63, 3.8) is 0 Å². The standard InChI is InChI=1S/C12H18NO3PS/c1-4-18(15)17(14)13(3)10(2)12(16-17)11-8-6-5-7-9-11/h5-10,12H,4H2,1-3H3/t10-,12-,17?,18-/m0/s1. The smallest absolute Gasteiger partial charge is 0.298 e. The zero-order chi connectivity index (χ0) is 13.3. The Hall–Kier alpha value is -0.480. The minimum absolute atomic E-state index is 0.0475. The molecule has 1 aliphatic rings. The van der Waals surface area contributed by atoms with Crippen LogP contribution in [-0.2, 0) is 19.5 Å². The first-order chi connectivity index (χ1) is 8.50. The van der Waals surface area contributed by atoms with Crippen LogP contribution in [0.2, 0.25) is 0 Å². The van der Waals surface area contributed by atoms with Crippen LogP contribution in [-0.4, -0.2) is 27.7 Å². The molecule has 4 nitrogen and oxygen atoms in total. The van der Waals surface area contributed by atoms with Crippen molar-refractivity contribution >= 4 is 17.1 Å². The van der Waals surface area contributed by atoms with E-state index in [9.17, 15) is 8.77 Å². The Labute approximate surface area is 110 Å². The van der Waals surface area contributed by atoms with Crippen molar-refractivity contribution in [3.8, 4) is 0 Å². The number of likely N-dealkylation sites (N-methyl/N-ethyl adjacent to an activating group) is 1. The van der Waals surface area contributed by atoms with E-state index in [1.807, 2.05) is 37.3 Å². The number of rotatable bonds is 3. The van der Waals surface area contributed by atoms with Crippen LogP contribution in [0.1, 0.15) is 25.5 Å². The van der Waals surface area contributed by atoms with Gasteiger partial charge in [0.05, 0.1) is 0 Å². The summed E-state index contributed by atoms with van der Waals surface area (Å²) < 4.78 is 32.0. The van der Waals surface area contributed by atoms with Gasteiger partial charge in [-0.15, -0.1) is 0 Å². The molecule has 6 heteroatoms. The van der Waals surface area contributed by atoms with E-state index in [1.54, 1.807) is 18.6 Å². The van der Waals surface area contributed by atoms with Crippen molar-refractivity contribution in [2.24, 2.45) is 0 Å². The highest BCUT2D eigenvalue weighted by molar-refractivity contribution is 8.46. The maximum absolute atomic E-state index is 12.7. The predicted octanol–water partition coefficient (Wildman–Crippen LogP) is 2.95. The van der Waals surface area contributed by atoms with Crippen molar-refractivity contribution in [2.45, 2.75) is 26.0 Å². The molecule has 0 N–H and O–H groups in total. The van der Waals surface area contributed by atoms with Crippen LogP contribution >= 0.6 is 6.72 Å². The Bertz CT molecular complexity index is 493. The topological polar surface area (TPSA) is 46.6 Å². The van der Waals surface area contributed by atoms with Gasteiger partial charge in [-0.2, -0.15) is 0 Å². The molecule has 4 atom stereocenters. The van der Waals surface area contributed by atoms with Crippen LogP contribution in [0, 0.1) is 0 Å². The second kappa shape index (κ2) is 5.25. The van der Waals surface area contributed by atoms with Crippen molar-refractivity contribution in [2.75, 3.05) is 12.8 Å². The van der Waals surface area contributed by atoms with Gasteiger partial charge in [0.15, 0.2) is 0 Å². The maximum atomic E-state index is 12.7. The largest absolute Gasteiger partial charge is 0.359 e. The Morgan fingerprint density at radius 3 is 2.56 bits per heavy atom. The number of hydrogen-bond donors (Lipinski definition) is 0. The molecule has 0 saturated carbocycles. The van der Waals surface area contributed by atoms with Crippen molar-refractivity contribution < 1.29 is 13.3 Å². The summed E-state index contributed by atoms with van der Waals surface area (Å²) in [5.41, 5.74) is 0.975. The molecular formula is C12H18NO3PS. The van der Waals surface area contributed by atoms with Crippen LogP contribution in [0.4, 0.5) is 0 Å². The average molecular weight is 287 g/mol. The zero-order valence-corrected chi connectivity index (χ0v) is 12.5. The highest BCUT2D eigenvalue weighted by Crippen LogP contribution is 2.64. The summed E-state index contributed by atoms with van der Waals surface area (Å²) in [4.78, 5) is 0. The lowest BCUT2D eigenvalue weighted by Gasteiger charge is -2.19. The molecule has 0 spiro atoms. The Kier molecular flexibility index (Phi) is 4.07. The summed E-state index contributed by atoms with van der Waals surface area (Å²) in [6.45, 7) is 0.482. The quantitative estimate of drug-likeness (QED) is 0.802. The lowest BCUT2D eigenvalue weighted by atomic mass is 10.0. The van der Waals surface area contributed by atoms with Gasteiger partial charge in [-0.05, 0) is 19.5 Å². The third kappa shape index (κ3) is 2.21. The average Bonchev–Trinajstić information content (AvgIpc) is 2.64. The molecule has 1 aliphatic heterocycles. The fourth-order valence-corrected chi connectivity index (χ4v) is 6.93. The highest BCUT2D eigenvalue weighted by Gasteiger charge is 2.50. The van der Waals surface area contributed by atoms with Crippen LogP contribution in [0.5, 0.6) is 0 Å². The minimum atomic E-state index is -3.22. The molecule has 1 aromatic rings. The molecule has 1 heterocycles. The Balaban J connectivity index is 2.34. The van der Waals surface area contributed by atoms with Gasteiger partial charge in [-0.25, -0.2) is 8.88 Å². The molecular weight excluding hydrogens is 269 g/mol. The van der Waals surface area contributed by atoms with Gasteiger partial charge in [0.1, 0.15) is 16.5 Å². The number of nitrogens with zero attached hydrogens (tertiary/aromatic N) is 1. The third-order valence-electron chi connectivity index (χ3n) is 3.29. The van der Waals surface area contributed by atoms with E-state index in [2.05, 4.69) is 0 Å². The van der Waals surface area contributed by atoms with Gasteiger partial charge in [0.2, 0.25) is 0 Å². The molecule has 2 rings (SSSR count). The molecule has 1 saturated heterocycles. The van der Waals surface area contributed by atoms with E-state index in [0.717, 1.165) is 5.56 Å². The first kappa shape index (κ1) is 13.9. The summed E-state index contributed by atoms with van der Waals surface area (Å²) in [5.74, 6) is 0.343. The maximum Gasteiger partial charge on any atom is 0.359 e. The van der Waals surface area contributed by atoms with E-state index in [0.29, 0.717) is 5.75 Å². The molecule has 0 amide bonds. The summed E-state index contributed by atoms with van der Waals surface area (Å²) in [6.07, 6.45) is -0.280. The van der Waals surface area contributed by atoms with Crippen molar-refractivity contribution in [1.29, 1.82) is 0 Å². The molecule has 100 valence electrons. The lowest BCUT2D eigenvalue weighted by Crippen LogP contribution is -2.24. The van der Waals surface area contributed by atoms with Crippen molar-refractivity contribution in [1.82, 2.24) is 4.67 Å². The molecule has 0 aliphatic carbocycles. The van der Waals surface area contributed by atoms with E-state index in [-0.39, 0.29) is 12.1 Å². The van der Waals surface area contributed by atoms with E-state index in [4.69, 9.17) is 4.52 Å². The number of benzene rings is 1. The second-order valence-electron chi connectivity index (χ2n) is 4.33. The summed E-state index contributed by atoms with van der Waals surface area (Å²) in [5, 5.41) is 0. The fourth-order valence-electron chi connectivity index (χ4n) is 2.06. The van der Waals surface area contributed by atoms with Crippen LogP contribution in [0.25, 0.3) is 0 Å². The van der Waals surface area contributed by atoms with Crippen LogP contribution in [0.15, 0.2) is 30.3 Å². The molecule has 0 bridgehead atoms. The van der Waals surface area contributed by atoms with Gasteiger partial charge in [0.25, 0.3) is 0 Å². The predicted molar refractivity (Wildman–Crippen MR) is 73.8 cm³/mol. The zero-order valence-electron chi connectivity index (χ0n) is 10.8. The molecule has 1 unspecified atom stereocenters. The SMILES string of the molecule is CC[S@@](=O)P1(=O)O[C@H](c2ccccc2)[C@H](C)N1C.